The van der Waals surface area contributed by atoms with Crippen LogP contribution in [0.4, 0.5) is 5.69 Å². The number of carbonyl (C=O) groups is 1. The van der Waals surface area contributed by atoms with Gasteiger partial charge in [-0.25, -0.2) is 9.10 Å². The summed E-state index contributed by atoms with van der Waals surface area (Å²) in [4.78, 5) is 17.3. The quantitative estimate of drug-likeness (QED) is 0.366. The monoisotopic (exact) mass is 472 g/mol. The fourth-order valence-electron chi connectivity index (χ4n) is 3.85. The molecule has 0 amide bonds. The first kappa shape index (κ1) is 24.5. The van der Waals surface area contributed by atoms with Crippen molar-refractivity contribution < 1.29 is 27.2 Å². The summed E-state index contributed by atoms with van der Waals surface area (Å²) in [5.74, 6) is -0.326. The van der Waals surface area contributed by atoms with Crippen LogP contribution >= 0.6 is 0 Å². The topological polar surface area (TPSA) is 106 Å². The number of carbonyl (C=O) groups excluding carboxylic acids is 1. The van der Waals surface area contributed by atoms with E-state index in [-0.39, 0.29) is 18.0 Å². The number of hydrogen-bond donors (Lipinski definition) is 1. The molecule has 1 aromatic heterocycles. The average molecular weight is 473 g/mol. The van der Waals surface area contributed by atoms with Crippen molar-refractivity contribution in [3.05, 3.63) is 65.9 Å². The molecule has 3 aromatic rings. The van der Waals surface area contributed by atoms with Crippen molar-refractivity contribution in [3.63, 3.8) is 0 Å². The minimum absolute atomic E-state index is 0.0698. The van der Waals surface area contributed by atoms with Crippen LogP contribution < -0.4 is 9.04 Å². The van der Waals surface area contributed by atoms with Crippen molar-refractivity contribution in [3.8, 4) is 5.75 Å². The van der Waals surface area contributed by atoms with Gasteiger partial charge in [0.15, 0.2) is 0 Å². The molecule has 2 atom stereocenters. The lowest BCUT2D eigenvalue weighted by Gasteiger charge is -2.29. The fourth-order valence-corrected chi connectivity index (χ4v) is 4.75. The van der Waals surface area contributed by atoms with Gasteiger partial charge in [0, 0.05) is 11.1 Å². The summed E-state index contributed by atoms with van der Waals surface area (Å²) in [7, 11) is -2.10. The van der Waals surface area contributed by atoms with Crippen molar-refractivity contribution in [2.45, 2.75) is 38.6 Å². The molecule has 0 aliphatic heterocycles. The zero-order chi connectivity index (χ0) is 24.2. The van der Waals surface area contributed by atoms with Gasteiger partial charge in [-0.05, 0) is 67.6 Å². The minimum atomic E-state index is -4.76. The molecule has 3 rings (SSSR count). The number of fused-ring (bicyclic) bond motifs is 1. The molecule has 0 saturated carbocycles. The molecule has 0 saturated heterocycles. The summed E-state index contributed by atoms with van der Waals surface area (Å²) in [5.41, 5.74) is 2.94. The number of methoxy groups -OCH3 is 2. The third-order valence-corrected chi connectivity index (χ3v) is 6.62. The maximum atomic E-state index is 12.6. The molecule has 0 fully saturated rings. The van der Waals surface area contributed by atoms with E-state index in [1.165, 1.54) is 26.4 Å². The van der Waals surface area contributed by atoms with Crippen LogP contribution in [0.1, 0.15) is 36.9 Å². The molecule has 0 spiro atoms. The van der Waals surface area contributed by atoms with E-state index in [0.29, 0.717) is 16.5 Å². The van der Waals surface area contributed by atoms with Crippen molar-refractivity contribution in [2.75, 3.05) is 18.5 Å². The standard InChI is InChI=1S/C24H28N2O6S/c1-16(22-15-17(2)20-7-5-6-8-21(20)25-22)9-14-23(24(27)32-4)26(33(28,29)30)18-10-12-19(31-3)13-11-18/h5-8,10-13,15-16,23H,9,14H2,1-4H3,(H,28,29,30)/t16?,23-/m0/s1. The highest BCUT2D eigenvalue weighted by molar-refractivity contribution is 7.87. The minimum Gasteiger partial charge on any atom is -0.497 e. The van der Waals surface area contributed by atoms with Gasteiger partial charge >= 0.3 is 16.3 Å². The van der Waals surface area contributed by atoms with E-state index < -0.39 is 22.3 Å². The maximum Gasteiger partial charge on any atom is 0.360 e. The van der Waals surface area contributed by atoms with E-state index in [2.05, 4.69) is 0 Å². The number of aromatic nitrogens is 1. The van der Waals surface area contributed by atoms with Gasteiger partial charge in [0.05, 0.1) is 25.4 Å². The van der Waals surface area contributed by atoms with Gasteiger partial charge in [-0.3, -0.25) is 9.54 Å². The summed E-state index contributed by atoms with van der Waals surface area (Å²) in [6.45, 7) is 3.98. The van der Waals surface area contributed by atoms with Gasteiger partial charge in [0.1, 0.15) is 11.8 Å². The lowest BCUT2D eigenvalue weighted by Crippen LogP contribution is -2.45. The van der Waals surface area contributed by atoms with Gasteiger partial charge < -0.3 is 9.47 Å². The Morgan fingerprint density at radius 3 is 2.36 bits per heavy atom. The SMILES string of the molecule is COC(=O)[C@H](CCC(C)c1cc(C)c2ccccc2n1)N(c1ccc(OC)cc1)S(=O)(=O)O. The molecular weight excluding hydrogens is 444 g/mol. The molecule has 1 heterocycles. The Labute approximate surface area is 194 Å². The molecule has 33 heavy (non-hydrogen) atoms. The average Bonchev–Trinajstić information content (AvgIpc) is 2.80. The molecule has 9 heteroatoms. The number of benzene rings is 2. The molecule has 1 N–H and O–H groups in total. The second-order valence-corrected chi connectivity index (χ2v) is 9.16. The molecule has 0 radical (unpaired) electrons. The Kier molecular flexibility index (Phi) is 7.55. The number of esters is 1. The smallest absolute Gasteiger partial charge is 0.360 e. The number of pyridine rings is 1. The van der Waals surface area contributed by atoms with Crippen LogP contribution in [0.3, 0.4) is 0 Å². The number of aryl methyl sites for hydroxylation is 1. The van der Waals surface area contributed by atoms with E-state index in [1.54, 1.807) is 12.1 Å². The second-order valence-electron chi connectivity index (χ2n) is 7.87. The van der Waals surface area contributed by atoms with Gasteiger partial charge in [-0.15, -0.1) is 0 Å². The Morgan fingerprint density at radius 1 is 1.09 bits per heavy atom. The lowest BCUT2D eigenvalue weighted by atomic mass is 9.96. The van der Waals surface area contributed by atoms with Gasteiger partial charge in [-0.1, -0.05) is 25.1 Å². The second kappa shape index (κ2) is 10.2. The first-order chi connectivity index (χ1) is 15.7. The normalized spacial score (nSPS) is 13.4. The Morgan fingerprint density at radius 2 is 1.76 bits per heavy atom. The molecule has 0 aliphatic carbocycles. The van der Waals surface area contributed by atoms with E-state index in [4.69, 9.17) is 14.5 Å². The first-order valence-corrected chi connectivity index (χ1v) is 11.9. The summed E-state index contributed by atoms with van der Waals surface area (Å²) in [6, 6.07) is 14.6. The predicted octanol–water partition coefficient (Wildman–Crippen LogP) is 4.29. The van der Waals surface area contributed by atoms with Crippen molar-refractivity contribution >= 4 is 32.9 Å². The third kappa shape index (κ3) is 5.61. The molecule has 8 nitrogen and oxygen atoms in total. The Balaban J connectivity index is 1.89. The van der Waals surface area contributed by atoms with Crippen LogP contribution in [0.15, 0.2) is 54.6 Å². The third-order valence-electron chi connectivity index (χ3n) is 5.65. The number of anilines is 1. The van der Waals surface area contributed by atoms with Crippen LogP contribution in [-0.2, 0) is 19.8 Å². The molecule has 176 valence electrons. The molecule has 0 bridgehead atoms. The zero-order valence-electron chi connectivity index (χ0n) is 19.1. The zero-order valence-corrected chi connectivity index (χ0v) is 19.9. The first-order valence-electron chi connectivity index (χ1n) is 10.5. The summed E-state index contributed by atoms with van der Waals surface area (Å²) >= 11 is 0. The number of para-hydroxylation sites is 1. The molecule has 1 unspecified atom stereocenters. The molecule has 2 aromatic carbocycles. The largest absolute Gasteiger partial charge is 0.497 e. The molecule has 0 aliphatic rings. The summed E-state index contributed by atoms with van der Waals surface area (Å²) in [6.07, 6.45) is 0.555. The summed E-state index contributed by atoms with van der Waals surface area (Å²) < 4.78 is 45.2. The Bertz CT molecular complexity index is 1230. The predicted molar refractivity (Wildman–Crippen MR) is 127 cm³/mol. The number of ether oxygens (including phenoxy) is 2. The van der Waals surface area contributed by atoms with Crippen LogP contribution in [0.2, 0.25) is 0 Å². The van der Waals surface area contributed by atoms with Crippen LogP contribution in [-0.4, -0.2) is 44.2 Å². The fraction of sp³-hybridized carbons (Fsp3) is 0.333. The van der Waals surface area contributed by atoms with Crippen molar-refractivity contribution in [2.24, 2.45) is 0 Å². The van der Waals surface area contributed by atoms with Crippen LogP contribution in [0.25, 0.3) is 10.9 Å². The molecular formula is C24H28N2O6S. The lowest BCUT2D eigenvalue weighted by molar-refractivity contribution is -0.142. The highest BCUT2D eigenvalue weighted by Crippen LogP contribution is 2.29. The van der Waals surface area contributed by atoms with Crippen LogP contribution in [0, 0.1) is 6.92 Å². The van der Waals surface area contributed by atoms with E-state index in [9.17, 15) is 17.8 Å². The van der Waals surface area contributed by atoms with E-state index in [1.807, 2.05) is 44.2 Å². The van der Waals surface area contributed by atoms with Gasteiger partial charge in [0.25, 0.3) is 0 Å². The van der Waals surface area contributed by atoms with E-state index >= 15 is 0 Å². The highest BCUT2D eigenvalue weighted by atomic mass is 32.2. The van der Waals surface area contributed by atoms with Gasteiger partial charge in [0.2, 0.25) is 0 Å². The van der Waals surface area contributed by atoms with E-state index in [0.717, 1.165) is 22.2 Å². The van der Waals surface area contributed by atoms with Gasteiger partial charge in [-0.2, -0.15) is 8.42 Å². The maximum absolute atomic E-state index is 12.6. The van der Waals surface area contributed by atoms with Crippen molar-refractivity contribution in [1.29, 1.82) is 0 Å². The summed E-state index contributed by atoms with van der Waals surface area (Å²) in [5, 5.41) is 1.07. The van der Waals surface area contributed by atoms with Crippen molar-refractivity contribution in [1.82, 2.24) is 4.98 Å². The van der Waals surface area contributed by atoms with Crippen LogP contribution in [0.5, 0.6) is 5.75 Å². The number of nitrogens with zero attached hydrogens (tertiary/aromatic N) is 2. The number of rotatable bonds is 9. The number of hydrogen-bond acceptors (Lipinski definition) is 6. The highest BCUT2D eigenvalue weighted by Gasteiger charge is 2.35. The Hall–Kier alpha value is -3.17.